The van der Waals surface area contributed by atoms with E-state index in [1.165, 1.54) is 11.8 Å². The molecule has 4 aliphatic carbocycles. The molecule has 12 atom stereocenters. The summed E-state index contributed by atoms with van der Waals surface area (Å²) < 4.78 is 0. The van der Waals surface area contributed by atoms with Gasteiger partial charge in [-0.1, -0.05) is 125 Å². The number of hydrogen-bond donors (Lipinski definition) is 12. The van der Waals surface area contributed by atoms with Crippen LogP contribution in [0.15, 0.2) is 12.7 Å². The summed E-state index contributed by atoms with van der Waals surface area (Å²) in [7, 11) is 0. The largest absolute Gasteiger partial charge is 0.481 e. The predicted octanol–water partition coefficient (Wildman–Crippen LogP) is 2.75. The van der Waals surface area contributed by atoms with E-state index in [9.17, 15) is 63.6 Å². The van der Waals surface area contributed by atoms with Crippen molar-refractivity contribution < 1.29 is 73.2 Å². The normalized spacial score (nSPS) is 25.8. The third kappa shape index (κ3) is 18.2. The lowest BCUT2D eigenvalue weighted by Gasteiger charge is -2.37. The quantitative estimate of drug-likeness (QED) is 0.0309. The fourth-order valence-corrected chi connectivity index (χ4v) is 12.5. The number of nitrogens with two attached hydrogens (primary N) is 1. The Bertz CT molecular complexity index is 2370. The van der Waals surface area contributed by atoms with Gasteiger partial charge in [0, 0.05) is 13.5 Å². The van der Waals surface area contributed by atoms with Gasteiger partial charge in [-0.3, -0.25) is 52.7 Å². The number of carbonyl (C=O) groups excluding carboxylic acids is 9. The summed E-state index contributed by atoms with van der Waals surface area (Å²) in [5, 5.41) is 59.5. The van der Waals surface area contributed by atoms with Gasteiger partial charge >= 0.3 is 11.9 Å². The molecule has 4 aliphatic rings. The summed E-state index contributed by atoms with van der Waals surface area (Å²) in [6, 6.07) is -6.75. The van der Waals surface area contributed by atoms with Crippen molar-refractivity contribution in [3.05, 3.63) is 12.7 Å². The number of carboxylic acid groups (broad SMARTS) is 2. The molecule has 24 nitrogen and oxygen atoms in total. The first-order valence-corrected chi connectivity index (χ1v) is 30.8. The minimum atomic E-state index is -1.84. The SMILES string of the molecule is C=CCCCCCCN(C(=O)C(CO)NC(=O)C1(NC(=O)[C@@H](CO)NC(=O)C2(NC(C)=O)CC2CCCCCCC)CC1C(C)C)C1(C(=O)N[C@H](CC(=O)O)C(=O)NC2(C(=O)N[C@H](CC(=O)O)C(N)=O)CC2CCCCCCC)CC1C(C)C. The molecule has 84 heavy (non-hydrogen) atoms. The molecule has 9 unspecified atom stereocenters. The number of carbonyl (C=O) groups is 11. The molecule has 0 spiro atoms. The lowest BCUT2D eigenvalue weighted by molar-refractivity contribution is -0.148. The maximum atomic E-state index is 15.2. The van der Waals surface area contributed by atoms with Gasteiger partial charge in [0.2, 0.25) is 53.2 Å². The van der Waals surface area contributed by atoms with E-state index in [0.29, 0.717) is 38.5 Å². The number of aliphatic hydroxyl groups is 2. The number of aliphatic carboxylic acids is 2. The maximum absolute atomic E-state index is 15.2. The molecule has 4 rings (SSSR count). The smallest absolute Gasteiger partial charge is 0.305 e. The molecule has 0 aromatic rings. The number of hydrogen-bond acceptors (Lipinski definition) is 13. The van der Waals surface area contributed by atoms with Crippen molar-refractivity contribution in [2.45, 2.75) is 242 Å². The molecule has 474 valence electrons. The van der Waals surface area contributed by atoms with Crippen molar-refractivity contribution in [2.75, 3.05) is 19.8 Å². The molecule has 4 saturated carbocycles. The Hall–Kier alpha value is -6.17. The van der Waals surface area contributed by atoms with E-state index in [0.717, 1.165) is 77.0 Å². The van der Waals surface area contributed by atoms with E-state index in [2.05, 4.69) is 57.6 Å². The molecule has 0 heterocycles. The lowest BCUT2D eigenvalue weighted by atomic mass is 9.98. The number of unbranched alkanes of at least 4 members (excludes halogenated alkanes) is 12. The Kier molecular flexibility index (Phi) is 26.6. The maximum Gasteiger partial charge on any atom is 0.305 e. The fourth-order valence-electron chi connectivity index (χ4n) is 12.5. The van der Waals surface area contributed by atoms with E-state index in [1.54, 1.807) is 6.08 Å². The van der Waals surface area contributed by atoms with Gasteiger partial charge in [-0.25, -0.2) is 0 Å². The van der Waals surface area contributed by atoms with Crippen LogP contribution in [0.3, 0.4) is 0 Å². The summed E-state index contributed by atoms with van der Waals surface area (Å²) in [6.07, 6.45) is 14.0. The number of carboxylic acids is 2. The minimum Gasteiger partial charge on any atom is -0.481 e. The Morgan fingerprint density at radius 3 is 1.45 bits per heavy atom. The number of primary amides is 1. The van der Waals surface area contributed by atoms with Crippen LogP contribution in [0.5, 0.6) is 0 Å². The van der Waals surface area contributed by atoms with Gasteiger partial charge in [-0.05, 0) is 93.3 Å². The van der Waals surface area contributed by atoms with Crippen LogP contribution in [0.25, 0.3) is 0 Å². The summed E-state index contributed by atoms with van der Waals surface area (Å²) in [5.41, 5.74) is -0.996. The Morgan fingerprint density at radius 2 is 0.988 bits per heavy atom. The van der Waals surface area contributed by atoms with E-state index >= 15 is 9.59 Å². The molecule has 24 heteroatoms. The molecular formula is C60H99N9O15. The summed E-state index contributed by atoms with van der Waals surface area (Å²) in [4.78, 5) is 152. The molecule has 0 saturated heterocycles. The van der Waals surface area contributed by atoms with Gasteiger partial charge in [0.25, 0.3) is 0 Å². The van der Waals surface area contributed by atoms with Gasteiger partial charge in [0.1, 0.15) is 46.3 Å². The topological polar surface area (TPSA) is 382 Å². The standard InChI is InChI=1S/C60H99N9O15/c1-9-12-15-18-21-24-27-69(52(80)46(35-71)65-55(83)59(32-41(59)36(4)5)68-51(79)45(34-70)64-53(81)57(66-38(8)72)30-39(57)25-22-19-16-13-10-2)60(33-42(60)37(6)7)56(84)63-44(29-48(75)76)50(78)67-58(31-40(58)26-23-20-17-14-11-3)54(82)62-43(49(61)77)28-47(73)74/h9,36-37,39-46,70-71H,1,10-35H2,2-8H3,(H2,61,77)(H,62,82)(H,63,84)(H,64,81)(H,65,83)(H,66,72)(H,67,78)(H,68,79)(H,73,74)(H,75,76)/t39?,40?,41?,42?,43-,44-,45-,46?,57?,58?,59?,60?/m1/s1. The van der Waals surface area contributed by atoms with Crippen molar-refractivity contribution in [2.24, 2.45) is 41.2 Å². The summed E-state index contributed by atoms with van der Waals surface area (Å²) >= 11 is 0. The van der Waals surface area contributed by atoms with E-state index < -0.39 is 155 Å². The first-order valence-electron chi connectivity index (χ1n) is 30.8. The molecule has 0 aromatic heterocycles. The fraction of sp³-hybridized carbons (Fsp3) is 0.783. The zero-order valence-electron chi connectivity index (χ0n) is 50.7. The molecule has 0 radical (unpaired) electrons. The molecule has 9 amide bonds. The van der Waals surface area contributed by atoms with Crippen LogP contribution in [-0.2, 0) is 52.7 Å². The second-order valence-corrected chi connectivity index (χ2v) is 24.9. The van der Waals surface area contributed by atoms with Crippen LogP contribution in [0.1, 0.15) is 196 Å². The van der Waals surface area contributed by atoms with Gasteiger partial charge in [0.05, 0.1) is 26.1 Å². The molecule has 0 aromatic carbocycles. The average Bonchev–Trinajstić information content (AvgIpc) is 1.72. The van der Waals surface area contributed by atoms with E-state index in [4.69, 9.17) is 5.73 Å². The molecular weight excluding hydrogens is 1090 g/mol. The Labute approximate surface area is 494 Å². The van der Waals surface area contributed by atoms with E-state index in [1.807, 2.05) is 27.7 Å². The van der Waals surface area contributed by atoms with Crippen LogP contribution >= 0.6 is 0 Å². The van der Waals surface area contributed by atoms with Gasteiger partial charge in [-0.2, -0.15) is 0 Å². The van der Waals surface area contributed by atoms with Crippen LogP contribution < -0.4 is 43.0 Å². The zero-order chi connectivity index (χ0) is 62.7. The van der Waals surface area contributed by atoms with Crippen molar-refractivity contribution in [3.63, 3.8) is 0 Å². The third-order valence-electron chi connectivity index (χ3n) is 17.7. The van der Waals surface area contributed by atoms with Crippen molar-refractivity contribution >= 4 is 65.1 Å². The number of amides is 9. The number of rotatable bonds is 43. The highest BCUT2D eigenvalue weighted by molar-refractivity contribution is 6.04. The number of aliphatic hydroxyl groups excluding tert-OH is 2. The zero-order valence-corrected chi connectivity index (χ0v) is 50.7. The third-order valence-corrected chi connectivity index (χ3v) is 17.7. The second kappa shape index (κ2) is 31.8. The summed E-state index contributed by atoms with van der Waals surface area (Å²) in [6.45, 7) is 14.6. The first-order chi connectivity index (χ1) is 39.7. The molecule has 0 bridgehead atoms. The molecule has 4 fully saturated rings. The van der Waals surface area contributed by atoms with Gasteiger partial charge in [-0.15, -0.1) is 6.58 Å². The Morgan fingerprint density at radius 1 is 0.548 bits per heavy atom. The minimum absolute atomic E-state index is 0.0311. The van der Waals surface area contributed by atoms with Crippen molar-refractivity contribution in [3.8, 4) is 0 Å². The highest BCUT2D eigenvalue weighted by Gasteiger charge is 2.68. The van der Waals surface area contributed by atoms with Crippen LogP contribution in [0.4, 0.5) is 0 Å². The average molecular weight is 1190 g/mol. The number of nitrogens with zero attached hydrogens (tertiary/aromatic N) is 1. The second-order valence-electron chi connectivity index (χ2n) is 24.9. The monoisotopic (exact) mass is 1190 g/mol. The molecule has 13 N–H and O–H groups in total. The van der Waals surface area contributed by atoms with Gasteiger partial charge in [0.15, 0.2) is 0 Å². The van der Waals surface area contributed by atoms with Crippen molar-refractivity contribution in [1.29, 1.82) is 0 Å². The van der Waals surface area contributed by atoms with E-state index in [-0.39, 0.29) is 43.6 Å². The van der Waals surface area contributed by atoms with Crippen molar-refractivity contribution in [1.82, 2.24) is 42.1 Å². The van der Waals surface area contributed by atoms with Gasteiger partial charge < -0.3 is 68.3 Å². The van der Waals surface area contributed by atoms with Crippen LogP contribution in [0.2, 0.25) is 0 Å². The number of allylic oxidation sites excluding steroid dienone is 1. The first kappa shape index (κ1) is 70.3. The summed E-state index contributed by atoms with van der Waals surface area (Å²) in [5.74, 6) is -13.0. The van der Waals surface area contributed by atoms with Crippen LogP contribution in [0, 0.1) is 35.5 Å². The highest BCUT2D eigenvalue weighted by Crippen LogP contribution is 2.54. The predicted molar refractivity (Wildman–Crippen MR) is 310 cm³/mol. The highest BCUT2D eigenvalue weighted by atomic mass is 16.4. The van der Waals surface area contributed by atoms with Crippen LogP contribution in [-0.4, -0.2) is 157 Å². The molecule has 0 aliphatic heterocycles. The number of nitrogens with one attached hydrogen (secondary N) is 7. The lowest BCUT2D eigenvalue weighted by Crippen LogP contribution is -2.64. The Balaban J connectivity index is 1.64.